The van der Waals surface area contributed by atoms with Crippen LogP contribution < -0.4 is 5.32 Å². The average molecular weight is 296 g/mol. The first kappa shape index (κ1) is 16.1. The molecular formula is C16H28N2O3. The number of hydrogen-bond acceptors (Lipinski definition) is 2. The van der Waals surface area contributed by atoms with Crippen LogP contribution in [0.25, 0.3) is 0 Å². The summed E-state index contributed by atoms with van der Waals surface area (Å²) in [5, 5.41) is 12.1. The topological polar surface area (TPSA) is 69.6 Å². The summed E-state index contributed by atoms with van der Waals surface area (Å²) >= 11 is 0. The van der Waals surface area contributed by atoms with Gasteiger partial charge in [-0.3, -0.25) is 4.79 Å². The number of hydrogen-bond donors (Lipinski definition) is 2. The van der Waals surface area contributed by atoms with Crippen LogP contribution in [0, 0.1) is 11.3 Å². The first-order valence-corrected chi connectivity index (χ1v) is 8.16. The summed E-state index contributed by atoms with van der Waals surface area (Å²) in [7, 11) is 1.84. The third kappa shape index (κ3) is 4.35. The van der Waals surface area contributed by atoms with Crippen LogP contribution in [0.4, 0.5) is 4.79 Å². The van der Waals surface area contributed by atoms with E-state index in [2.05, 4.69) is 12.2 Å². The molecule has 2 saturated carbocycles. The van der Waals surface area contributed by atoms with Gasteiger partial charge in [0.2, 0.25) is 0 Å². The Kier molecular flexibility index (Phi) is 5.12. The van der Waals surface area contributed by atoms with E-state index in [-0.39, 0.29) is 23.9 Å². The fourth-order valence-electron chi connectivity index (χ4n) is 3.51. The Balaban J connectivity index is 1.88. The number of carboxylic acids is 1. The van der Waals surface area contributed by atoms with Gasteiger partial charge >= 0.3 is 12.0 Å². The van der Waals surface area contributed by atoms with E-state index in [1.165, 1.54) is 19.3 Å². The average Bonchev–Trinajstić information content (AvgIpc) is 3.28. The number of carboxylic acid groups (broad SMARTS) is 1. The second-order valence-corrected chi connectivity index (χ2v) is 6.98. The smallest absolute Gasteiger partial charge is 0.317 e. The number of nitrogens with one attached hydrogen (secondary N) is 1. The standard InChI is InChI=1S/C16H28N2O3/c1-12(13-6-7-13)18(2)15(21)17-11-16(10-14(19)20)8-4-3-5-9-16/h12-13H,3-11H2,1-2H3,(H,17,21)(H,19,20). The molecule has 2 fully saturated rings. The molecule has 0 aromatic rings. The molecule has 0 aromatic heterocycles. The molecule has 0 aromatic carbocycles. The summed E-state index contributed by atoms with van der Waals surface area (Å²) in [6.07, 6.45) is 7.70. The molecule has 21 heavy (non-hydrogen) atoms. The number of nitrogens with zero attached hydrogens (tertiary/aromatic N) is 1. The van der Waals surface area contributed by atoms with Gasteiger partial charge in [0.15, 0.2) is 0 Å². The summed E-state index contributed by atoms with van der Waals surface area (Å²) in [5.41, 5.74) is -0.247. The molecule has 2 aliphatic rings. The van der Waals surface area contributed by atoms with Gasteiger partial charge in [-0.1, -0.05) is 19.3 Å². The second-order valence-electron chi connectivity index (χ2n) is 6.98. The van der Waals surface area contributed by atoms with Crippen LogP contribution in [0.3, 0.4) is 0 Å². The van der Waals surface area contributed by atoms with E-state index in [0.29, 0.717) is 12.5 Å². The minimum absolute atomic E-state index is 0.0651. The molecule has 0 saturated heterocycles. The highest BCUT2D eigenvalue weighted by atomic mass is 16.4. The Morgan fingerprint density at radius 3 is 2.43 bits per heavy atom. The lowest BCUT2D eigenvalue weighted by atomic mass is 9.72. The van der Waals surface area contributed by atoms with Crippen molar-refractivity contribution >= 4 is 12.0 Å². The van der Waals surface area contributed by atoms with Crippen LogP contribution in [-0.4, -0.2) is 41.6 Å². The molecule has 5 nitrogen and oxygen atoms in total. The third-order valence-electron chi connectivity index (χ3n) is 5.29. The van der Waals surface area contributed by atoms with E-state index in [4.69, 9.17) is 5.11 Å². The third-order valence-corrected chi connectivity index (χ3v) is 5.29. The Morgan fingerprint density at radius 2 is 1.90 bits per heavy atom. The van der Waals surface area contributed by atoms with E-state index in [1.807, 2.05) is 7.05 Å². The Morgan fingerprint density at radius 1 is 1.29 bits per heavy atom. The molecule has 1 atom stereocenters. The Labute approximate surface area is 127 Å². The largest absolute Gasteiger partial charge is 0.481 e. The van der Waals surface area contributed by atoms with Crippen LogP contribution in [-0.2, 0) is 4.79 Å². The fraction of sp³-hybridized carbons (Fsp3) is 0.875. The predicted molar refractivity (Wildman–Crippen MR) is 81.1 cm³/mol. The summed E-state index contributed by atoms with van der Waals surface area (Å²) in [5.74, 6) is -0.116. The molecule has 2 aliphatic carbocycles. The van der Waals surface area contributed by atoms with Gasteiger partial charge in [0.1, 0.15) is 0 Å². The van der Waals surface area contributed by atoms with Gasteiger partial charge in [-0.15, -0.1) is 0 Å². The highest BCUT2D eigenvalue weighted by molar-refractivity contribution is 5.74. The lowest BCUT2D eigenvalue weighted by molar-refractivity contribution is -0.140. The highest BCUT2D eigenvalue weighted by Crippen LogP contribution is 2.39. The van der Waals surface area contributed by atoms with E-state index >= 15 is 0 Å². The van der Waals surface area contributed by atoms with Gasteiger partial charge in [0.05, 0.1) is 6.42 Å². The lowest BCUT2D eigenvalue weighted by Crippen LogP contribution is -2.47. The van der Waals surface area contributed by atoms with Crippen molar-refractivity contribution < 1.29 is 14.7 Å². The SMILES string of the molecule is CC(C1CC1)N(C)C(=O)NCC1(CC(=O)O)CCCCC1. The van der Waals surface area contributed by atoms with E-state index in [9.17, 15) is 9.59 Å². The van der Waals surface area contributed by atoms with Crippen molar-refractivity contribution in [2.75, 3.05) is 13.6 Å². The van der Waals surface area contributed by atoms with Crippen LogP contribution in [0.2, 0.25) is 0 Å². The number of carbonyl (C=O) groups excluding carboxylic acids is 1. The molecule has 0 radical (unpaired) electrons. The van der Waals surface area contributed by atoms with Gasteiger partial charge in [0, 0.05) is 19.6 Å². The molecule has 2 N–H and O–H groups in total. The van der Waals surface area contributed by atoms with Crippen molar-refractivity contribution in [2.45, 2.75) is 64.3 Å². The second kappa shape index (κ2) is 6.67. The summed E-state index contributed by atoms with van der Waals surface area (Å²) in [6.45, 7) is 2.57. The predicted octanol–water partition coefficient (Wildman–Crippen LogP) is 2.85. The van der Waals surface area contributed by atoms with E-state index in [1.54, 1.807) is 4.90 Å². The van der Waals surface area contributed by atoms with Crippen molar-refractivity contribution in [1.29, 1.82) is 0 Å². The molecule has 0 bridgehead atoms. The van der Waals surface area contributed by atoms with Gasteiger partial charge in [-0.2, -0.15) is 0 Å². The zero-order valence-corrected chi connectivity index (χ0v) is 13.2. The maximum atomic E-state index is 12.3. The minimum atomic E-state index is -0.758. The monoisotopic (exact) mass is 296 g/mol. The zero-order chi connectivity index (χ0) is 15.5. The number of urea groups is 1. The van der Waals surface area contributed by atoms with Crippen molar-refractivity contribution in [2.24, 2.45) is 11.3 Å². The molecular weight excluding hydrogens is 268 g/mol. The van der Waals surface area contributed by atoms with Crippen LogP contribution in [0.15, 0.2) is 0 Å². The normalized spacial score (nSPS) is 22.4. The Hall–Kier alpha value is -1.26. The first-order valence-electron chi connectivity index (χ1n) is 8.16. The number of aliphatic carboxylic acids is 1. The summed E-state index contributed by atoms with van der Waals surface area (Å²) in [6, 6.07) is 0.205. The van der Waals surface area contributed by atoms with Gasteiger partial charge in [-0.25, -0.2) is 4.79 Å². The van der Waals surface area contributed by atoms with Crippen LogP contribution in [0.1, 0.15) is 58.3 Å². The molecule has 0 aliphatic heterocycles. The van der Waals surface area contributed by atoms with Crippen LogP contribution >= 0.6 is 0 Å². The van der Waals surface area contributed by atoms with Crippen LogP contribution in [0.5, 0.6) is 0 Å². The van der Waals surface area contributed by atoms with Crippen molar-refractivity contribution in [3.63, 3.8) is 0 Å². The molecule has 120 valence electrons. The highest BCUT2D eigenvalue weighted by Gasteiger charge is 2.36. The van der Waals surface area contributed by atoms with Crippen molar-refractivity contribution in [3.05, 3.63) is 0 Å². The van der Waals surface area contributed by atoms with Gasteiger partial charge in [-0.05, 0) is 43.9 Å². The molecule has 2 rings (SSSR count). The zero-order valence-electron chi connectivity index (χ0n) is 13.2. The first-order chi connectivity index (χ1) is 9.93. The quantitative estimate of drug-likeness (QED) is 0.792. The summed E-state index contributed by atoms with van der Waals surface area (Å²) < 4.78 is 0. The number of carbonyl (C=O) groups is 2. The van der Waals surface area contributed by atoms with Crippen molar-refractivity contribution in [3.8, 4) is 0 Å². The van der Waals surface area contributed by atoms with Gasteiger partial charge in [0.25, 0.3) is 0 Å². The minimum Gasteiger partial charge on any atom is -0.481 e. The summed E-state index contributed by atoms with van der Waals surface area (Å²) in [4.78, 5) is 25.2. The maximum absolute atomic E-state index is 12.3. The fourth-order valence-corrected chi connectivity index (χ4v) is 3.51. The Bertz CT molecular complexity index is 387. The molecule has 0 heterocycles. The molecule has 5 heteroatoms. The number of rotatable bonds is 6. The molecule has 0 spiro atoms. The number of amides is 2. The van der Waals surface area contributed by atoms with E-state index in [0.717, 1.165) is 25.7 Å². The lowest BCUT2D eigenvalue weighted by Gasteiger charge is -2.37. The maximum Gasteiger partial charge on any atom is 0.317 e. The molecule has 2 amide bonds. The van der Waals surface area contributed by atoms with Gasteiger partial charge < -0.3 is 15.3 Å². The van der Waals surface area contributed by atoms with E-state index < -0.39 is 5.97 Å². The van der Waals surface area contributed by atoms with Crippen molar-refractivity contribution in [1.82, 2.24) is 10.2 Å². The molecule has 1 unspecified atom stereocenters.